The third-order valence-electron chi connectivity index (χ3n) is 2.44. The summed E-state index contributed by atoms with van der Waals surface area (Å²) in [6.45, 7) is 5.91. The fraction of sp³-hybridized carbons (Fsp3) is 0.462. The zero-order valence-electron chi connectivity index (χ0n) is 10.8. The van der Waals surface area contributed by atoms with Crippen molar-refractivity contribution in [2.75, 3.05) is 13.1 Å². The van der Waals surface area contributed by atoms with Crippen molar-refractivity contribution in [3.63, 3.8) is 0 Å². The van der Waals surface area contributed by atoms with E-state index in [2.05, 4.69) is 15.9 Å². The smallest absolute Gasteiger partial charge is 0.254 e. The highest BCUT2D eigenvalue weighted by Crippen LogP contribution is 2.25. The Balaban J connectivity index is 2.93. The maximum absolute atomic E-state index is 12.2. The first-order chi connectivity index (χ1) is 8.24. The maximum atomic E-state index is 12.2. The molecule has 1 rings (SSSR count). The van der Waals surface area contributed by atoms with E-state index in [-0.39, 0.29) is 18.2 Å². The molecule has 0 heterocycles. The van der Waals surface area contributed by atoms with Gasteiger partial charge in [0.25, 0.3) is 5.91 Å². The molecule has 0 fully saturated rings. The summed E-state index contributed by atoms with van der Waals surface area (Å²) in [6.07, 6.45) is 0. The molecule has 0 radical (unpaired) electrons. The van der Waals surface area contributed by atoms with Crippen molar-refractivity contribution in [3.05, 3.63) is 28.2 Å². The van der Waals surface area contributed by atoms with Crippen molar-refractivity contribution in [3.8, 4) is 5.75 Å². The number of phenolic OH excluding ortho intramolecular Hbond substituents is 1. The number of benzene rings is 1. The van der Waals surface area contributed by atoms with Crippen molar-refractivity contribution in [2.45, 2.75) is 26.4 Å². The Hall–Kier alpha value is -1.07. The molecule has 1 aromatic carbocycles. The molecule has 1 aromatic rings. The average molecular weight is 316 g/mol. The fourth-order valence-corrected chi connectivity index (χ4v) is 1.87. The molecule has 0 aromatic heterocycles. The van der Waals surface area contributed by atoms with Gasteiger partial charge in [-0.25, -0.2) is 0 Å². The van der Waals surface area contributed by atoms with E-state index in [0.29, 0.717) is 16.6 Å². The number of amides is 1. The summed E-state index contributed by atoms with van der Waals surface area (Å²) in [6, 6.07) is 4.68. The lowest BCUT2D eigenvalue weighted by Gasteiger charge is -2.28. The number of nitrogens with zero attached hydrogens (tertiary/aromatic N) is 1. The summed E-state index contributed by atoms with van der Waals surface area (Å²) in [5, 5.41) is 19.3. The molecule has 5 heteroatoms. The molecule has 0 saturated carbocycles. The van der Waals surface area contributed by atoms with E-state index in [1.807, 2.05) is 6.92 Å². The Morgan fingerprint density at radius 2 is 2.06 bits per heavy atom. The highest BCUT2D eigenvalue weighted by atomic mass is 79.9. The van der Waals surface area contributed by atoms with Crippen LogP contribution in [0.2, 0.25) is 0 Å². The van der Waals surface area contributed by atoms with Crippen LogP contribution in [0, 0.1) is 0 Å². The number of aromatic hydroxyl groups is 1. The summed E-state index contributed by atoms with van der Waals surface area (Å²) in [5.74, 6) is -0.178. The molecule has 0 atom stereocenters. The van der Waals surface area contributed by atoms with Gasteiger partial charge >= 0.3 is 0 Å². The van der Waals surface area contributed by atoms with Crippen molar-refractivity contribution in [1.29, 1.82) is 0 Å². The third kappa shape index (κ3) is 3.99. The minimum atomic E-state index is -0.941. The first-order valence-corrected chi connectivity index (χ1v) is 6.54. The number of hydrogen-bond donors (Lipinski definition) is 2. The van der Waals surface area contributed by atoms with E-state index in [9.17, 15) is 15.0 Å². The standard InChI is InChI=1S/C13H18BrNO3/c1-4-15(8-13(2,3)18)12(17)9-5-6-10(14)11(16)7-9/h5-7,16,18H,4,8H2,1-3H3. The molecule has 0 saturated heterocycles. The molecule has 0 spiro atoms. The van der Waals surface area contributed by atoms with Crippen molar-refractivity contribution < 1.29 is 15.0 Å². The molecule has 0 unspecified atom stereocenters. The van der Waals surface area contributed by atoms with E-state index >= 15 is 0 Å². The summed E-state index contributed by atoms with van der Waals surface area (Å²) < 4.78 is 0.546. The number of phenols is 1. The Bertz CT molecular complexity index is 440. The van der Waals surface area contributed by atoms with Gasteiger partial charge in [-0.2, -0.15) is 0 Å². The molecule has 1 amide bonds. The molecule has 100 valence electrons. The molecule has 0 aliphatic rings. The lowest BCUT2D eigenvalue weighted by atomic mass is 10.1. The Morgan fingerprint density at radius 1 is 1.44 bits per heavy atom. The summed E-state index contributed by atoms with van der Waals surface area (Å²) in [7, 11) is 0. The Kier molecular flexibility index (Phi) is 4.76. The van der Waals surface area contributed by atoms with Crippen LogP contribution in [0.5, 0.6) is 5.75 Å². The topological polar surface area (TPSA) is 60.8 Å². The van der Waals surface area contributed by atoms with Gasteiger partial charge in [-0.15, -0.1) is 0 Å². The highest BCUT2D eigenvalue weighted by Gasteiger charge is 2.22. The predicted octanol–water partition coefficient (Wildman–Crippen LogP) is 2.39. The molecule has 2 N–H and O–H groups in total. The van der Waals surface area contributed by atoms with Gasteiger partial charge in [0, 0.05) is 18.7 Å². The second kappa shape index (κ2) is 5.71. The Morgan fingerprint density at radius 3 is 2.50 bits per heavy atom. The maximum Gasteiger partial charge on any atom is 0.254 e. The van der Waals surface area contributed by atoms with Gasteiger partial charge in [0.2, 0.25) is 0 Å². The summed E-state index contributed by atoms with van der Waals surface area (Å²) in [4.78, 5) is 13.7. The van der Waals surface area contributed by atoms with Crippen LogP contribution in [0.3, 0.4) is 0 Å². The zero-order chi connectivity index (χ0) is 13.9. The van der Waals surface area contributed by atoms with Crippen LogP contribution in [0.25, 0.3) is 0 Å². The number of hydrogen-bond acceptors (Lipinski definition) is 3. The van der Waals surface area contributed by atoms with Crippen LogP contribution in [-0.2, 0) is 0 Å². The first kappa shape index (κ1) is 15.0. The number of aliphatic hydroxyl groups is 1. The quantitative estimate of drug-likeness (QED) is 0.896. The monoisotopic (exact) mass is 315 g/mol. The van der Waals surface area contributed by atoms with Crippen molar-refractivity contribution in [1.82, 2.24) is 4.90 Å². The number of likely N-dealkylation sites (N-methyl/N-ethyl adjacent to an activating group) is 1. The molecular formula is C13H18BrNO3. The van der Waals surface area contributed by atoms with Gasteiger partial charge in [0.05, 0.1) is 10.1 Å². The summed E-state index contributed by atoms with van der Waals surface area (Å²) >= 11 is 3.17. The van der Waals surface area contributed by atoms with Gasteiger partial charge in [-0.3, -0.25) is 4.79 Å². The average Bonchev–Trinajstić information content (AvgIpc) is 2.27. The van der Waals surface area contributed by atoms with E-state index in [0.717, 1.165) is 0 Å². The molecule has 4 nitrogen and oxygen atoms in total. The van der Waals surface area contributed by atoms with Crippen LogP contribution >= 0.6 is 15.9 Å². The molecule has 0 bridgehead atoms. The lowest BCUT2D eigenvalue weighted by molar-refractivity contribution is 0.0314. The predicted molar refractivity (Wildman–Crippen MR) is 73.7 cm³/mol. The number of halogens is 1. The normalized spacial score (nSPS) is 11.4. The summed E-state index contributed by atoms with van der Waals surface area (Å²) in [5.41, 5.74) is -0.537. The zero-order valence-corrected chi connectivity index (χ0v) is 12.4. The van der Waals surface area contributed by atoms with Crippen LogP contribution in [0.15, 0.2) is 22.7 Å². The first-order valence-electron chi connectivity index (χ1n) is 5.75. The van der Waals surface area contributed by atoms with Crippen molar-refractivity contribution >= 4 is 21.8 Å². The third-order valence-corrected chi connectivity index (χ3v) is 3.11. The van der Waals surface area contributed by atoms with Crippen LogP contribution in [-0.4, -0.2) is 39.7 Å². The number of rotatable bonds is 4. The molecule has 0 aliphatic carbocycles. The highest BCUT2D eigenvalue weighted by molar-refractivity contribution is 9.10. The van der Waals surface area contributed by atoms with Gasteiger partial charge < -0.3 is 15.1 Å². The second-order valence-electron chi connectivity index (χ2n) is 4.80. The van der Waals surface area contributed by atoms with Gasteiger partial charge in [-0.05, 0) is 54.9 Å². The van der Waals surface area contributed by atoms with Gasteiger partial charge in [0.15, 0.2) is 0 Å². The molecular weight excluding hydrogens is 298 g/mol. The van der Waals surface area contributed by atoms with E-state index in [4.69, 9.17) is 0 Å². The largest absolute Gasteiger partial charge is 0.507 e. The number of carbonyl (C=O) groups excluding carboxylic acids is 1. The lowest BCUT2D eigenvalue weighted by Crippen LogP contribution is -2.42. The second-order valence-corrected chi connectivity index (χ2v) is 5.65. The van der Waals surface area contributed by atoms with E-state index in [1.165, 1.54) is 6.07 Å². The SMILES string of the molecule is CCN(CC(C)(C)O)C(=O)c1ccc(Br)c(O)c1. The fourth-order valence-electron chi connectivity index (χ4n) is 1.62. The van der Waals surface area contributed by atoms with Crippen LogP contribution in [0.1, 0.15) is 31.1 Å². The molecule has 18 heavy (non-hydrogen) atoms. The van der Waals surface area contributed by atoms with Gasteiger partial charge in [0.1, 0.15) is 5.75 Å². The van der Waals surface area contributed by atoms with E-state index in [1.54, 1.807) is 30.9 Å². The van der Waals surface area contributed by atoms with E-state index < -0.39 is 5.60 Å². The van der Waals surface area contributed by atoms with Crippen molar-refractivity contribution in [2.24, 2.45) is 0 Å². The van der Waals surface area contributed by atoms with Gasteiger partial charge in [-0.1, -0.05) is 0 Å². The molecule has 0 aliphatic heterocycles. The van der Waals surface area contributed by atoms with Crippen LogP contribution < -0.4 is 0 Å². The van der Waals surface area contributed by atoms with Crippen LogP contribution in [0.4, 0.5) is 0 Å². The Labute approximate surface area is 115 Å². The minimum Gasteiger partial charge on any atom is -0.507 e. The minimum absolute atomic E-state index is 0.0279. The number of carbonyl (C=O) groups is 1.